The lowest BCUT2D eigenvalue weighted by Crippen LogP contribution is -2.34. The molecule has 0 spiro atoms. The van der Waals surface area contributed by atoms with E-state index in [0.717, 1.165) is 51.3 Å². The normalized spacial score (nSPS) is 22.1. The lowest BCUT2D eigenvalue weighted by atomic mass is 10.2. The van der Waals surface area contributed by atoms with Gasteiger partial charge in [-0.2, -0.15) is 0 Å². The third-order valence-electron chi connectivity index (χ3n) is 4.13. The molecule has 2 fully saturated rings. The lowest BCUT2D eigenvalue weighted by Gasteiger charge is -2.23. The van der Waals surface area contributed by atoms with Crippen LogP contribution in [-0.2, 0) is 22.6 Å². The SMILES string of the molecule is COCc1cc(=O)n(CC2CCCO2)c(N2CCCC2)n1. The molecule has 3 heterocycles. The topological polar surface area (TPSA) is 56.6 Å². The van der Waals surface area contributed by atoms with E-state index in [1.165, 1.54) is 0 Å². The van der Waals surface area contributed by atoms with E-state index in [1.54, 1.807) is 17.7 Å². The Bertz CT molecular complexity index is 531. The van der Waals surface area contributed by atoms with E-state index in [9.17, 15) is 4.79 Å². The van der Waals surface area contributed by atoms with Gasteiger partial charge in [-0.05, 0) is 25.7 Å². The molecule has 1 aromatic heterocycles. The Labute approximate surface area is 124 Å². The maximum atomic E-state index is 12.5. The summed E-state index contributed by atoms with van der Waals surface area (Å²) in [6, 6.07) is 1.58. The van der Waals surface area contributed by atoms with Gasteiger partial charge in [0.1, 0.15) is 0 Å². The molecule has 2 saturated heterocycles. The summed E-state index contributed by atoms with van der Waals surface area (Å²) in [7, 11) is 1.62. The van der Waals surface area contributed by atoms with Crippen molar-refractivity contribution >= 4 is 5.95 Å². The molecule has 21 heavy (non-hydrogen) atoms. The van der Waals surface area contributed by atoms with E-state index < -0.39 is 0 Å². The maximum Gasteiger partial charge on any atom is 0.255 e. The first-order valence-electron chi connectivity index (χ1n) is 7.74. The molecule has 0 amide bonds. The molecule has 1 aromatic rings. The fourth-order valence-electron chi connectivity index (χ4n) is 3.08. The number of hydrogen-bond acceptors (Lipinski definition) is 5. The van der Waals surface area contributed by atoms with E-state index in [0.29, 0.717) is 18.8 Å². The van der Waals surface area contributed by atoms with Crippen LogP contribution in [0.4, 0.5) is 5.95 Å². The van der Waals surface area contributed by atoms with Crippen molar-refractivity contribution in [2.24, 2.45) is 0 Å². The zero-order chi connectivity index (χ0) is 14.7. The second-order valence-corrected chi connectivity index (χ2v) is 5.76. The Kier molecular flexibility index (Phi) is 4.55. The molecule has 3 rings (SSSR count). The summed E-state index contributed by atoms with van der Waals surface area (Å²) in [6.45, 7) is 3.71. The Morgan fingerprint density at radius 3 is 2.86 bits per heavy atom. The monoisotopic (exact) mass is 293 g/mol. The fraction of sp³-hybridized carbons (Fsp3) is 0.733. The second-order valence-electron chi connectivity index (χ2n) is 5.76. The minimum absolute atomic E-state index is 0.00514. The molecule has 0 saturated carbocycles. The number of aromatic nitrogens is 2. The van der Waals surface area contributed by atoms with Gasteiger partial charge < -0.3 is 14.4 Å². The van der Waals surface area contributed by atoms with Crippen LogP contribution in [-0.4, -0.2) is 42.5 Å². The molecule has 6 nitrogen and oxygen atoms in total. The number of nitrogens with zero attached hydrogens (tertiary/aromatic N) is 3. The van der Waals surface area contributed by atoms with Crippen molar-refractivity contribution in [3.63, 3.8) is 0 Å². The average molecular weight is 293 g/mol. The summed E-state index contributed by atoms with van der Waals surface area (Å²) >= 11 is 0. The third-order valence-corrected chi connectivity index (χ3v) is 4.13. The van der Waals surface area contributed by atoms with Crippen LogP contribution in [0, 0.1) is 0 Å². The first-order chi connectivity index (χ1) is 10.3. The minimum Gasteiger partial charge on any atom is -0.378 e. The zero-order valence-corrected chi connectivity index (χ0v) is 12.6. The molecule has 116 valence electrons. The van der Waals surface area contributed by atoms with Gasteiger partial charge >= 0.3 is 0 Å². The molecule has 0 aromatic carbocycles. The summed E-state index contributed by atoms with van der Waals surface area (Å²) < 4.78 is 12.6. The number of rotatable bonds is 5. The van der Waals surface area contributed by atoms with Gasteiger partial charge in [-0.25, -0.2) is 4.98 Å². The zero-order valence-electron chi connectivity index (χ0n) is 12.6. The first kappa shape index (κ1) is 14.5. The van der Waals surface area contributed by atoms with E-state index in [4.69, 9.17) is 9.47 Å². The number of hydrogen-bond donors (Lipinski definition) is 0. The molecule has 1 unspecified atom stereocenters. The van der Waals surface area contributed by atoms with Gasteiger partial charge in [0.05, 0.1) is 24.9 Å². The second kappa shape index (κ2) is 6.58. The average Bonchev–Trinajstić information content (AvgIpc) is 3.15. The van der Waals surface area contributed by atoms with Crippen LogP contribution in [0.25, 0.3) is 0 Å². The predicted octanol–water partition coefficient (Wildman–Crippen LogP) is 1.17. The molecule has 0 aliphatic carbocycles. The van der Waals surface area contributed by atoms with Crippen LogP contribution in [0.3, 0.4) is 0 Å². The van der Waals surface area contributed by atoms with Gasteiger partial charge in [-0.1, -0.05) is 0 Å². The molecule has 0 N–H and O–H groups in total. The number of ether oxygens (including phenoxy) is 2. The maximum absolute atomic E-state index is 12.5. The smallest absolute Gasteiger partial charge is 0.255 e. The van der Waals surface area contributed by atoms with Crippen molar-refractivity contribution in [1.82, 2.24) is 9.55 Å². The van der Waals surface area contributed by atoms with Gasteiger partial charge in [0.2, 0.25) is 5.95 Å². The Hall–Kier alpha value is -1.40. The van der Waals surface area contributed by atoms with Gasteiger partial charge in [0.15, 0.2) is 0 Å². The highest BCUT2D eigenvalue weighted by atomic mass is 16.5. The number of anilines is 1. The summed E-state index contributed by atoms with van der Waals surface area (Å²) in [5.41, 5.74) is 0.697. The predicted molar refractivity (Wildman–Crippen MR) is 79.6 cm³/mol. The van der Waals surface area contributed by atoms with Crippen LogP contribution in [0.2, 0.25) is 0 Å². The van der Waals surface area contributed by atoms with Crippen LogP contribution < -0.4 is 10.5 Å². The van der Waals surface area contributed by atoms with Crippen molar-refractivity contribution in [3.8, 4) is 0 Å². The van der Waals surface area contributed by atoms with Gasteiger partial charge in [0.25, 0.3) is 5.56 Å². The highest BCUT2D eigenvalue weighted by molar-refractivity contribution is 5.33. The van der Waals surface area contributed by atoms with Gasteiger partial charge in [0, 0.05) is 32.9 Å². The molecule has 6 heteroatoms. The third kappa shape index (κ3) is 3.27. The fourth-order valence-corrected chi connectivity index (χ4v) is 3.08. The van der Waals surface area contributed by atoms with Crippen molar-refractivity contribution < 1.29 is 9.47 Å². The van der Waals surface area contributed by atoms with Crippen LogP contribution in [0.5, 0.6) is 0 Å². The standard InChI is InChI=1S/C15H23N3O3/c1-20-11-12-9-14(19)18(10-13-5-4-8-21-13)15(16-12)17-6-2-3-7-17/h9,13H,2-8,10-11H2,1H3. The lowest BCUT2D eigenvalue weighted by molar-refractivity contribution is 0.0961. The molecular formula is C15H23N3O3. The molecule has 0 bridgehead atoms. The van der Waals surface area contributed by atoms with Crippen molar-refractivity contribution in [2.45, 2.75) is 44.9 Å². The molecule has 2 aliphatic rings. The molecular weight excluding hydrogens is 270 g/mol. The van der Waals surface area contributed by atoms with Crippen molar-refractivity contribution in [2.75, 3.05) is 31.7 Å². The van der Waals surface area contributed by atoms with Crippen molar-refractivity contribution in [1.29, 1.82) is 0 Å². The van der Waals surface area contributed by atoms with Gasteiger partial charge in [-0.3, -0.25) is 9.36 Å². The minimum atomic E-state index is -0.00514. The highest BCUT2D eigenvalue weighted by Gasteiger charge is 2.23. The Balaban J connectivity index is 1.92. The van der Waals surface area contributed by atoms with E-state index >= 15 is 0 Å². The summed E-state index contributed by atoms with van der Waals surface area (Å²) in [5, 5.41) is 0. The van der Waals surface area contributed by atoms with E-state index in [2.05, 4.69) is 9.88 Å². The van der Waals surface area contributed by atoms with Crippen LogP contribution >= 0.6 is 0 Å². The summed E-state index contributed by atoms with van der Waals surface area (Å²) in [4.78, 5) is 19.3. The quantitative estimate of drug-likeness (QED) is 0.815. The Morgan fingerprint density at radius 1 is 1.38 bits per heavy atom. The summed E-state index contributed by atoms with van der Waals surface area (Å²) in [6.07, 6.45) is 4.55. The van der Waals surface area contributed by atoms with Crippen LogP contribution in [0.15, 0.2) is 10.9 Å². The van der Waals surface area contributed by atoms with Gasteiger partial charge in [-0.15, -0.1) is 0 Å². The molecule has 2 aliphatic heterocycles. The van der Waals surface area contributed by atoms with E-state index in [-0.39, 0.29) is 11.7 Å². The largest absolute Gasteiger partial charge is 0.378 e. The molecule has 0 radical (unpaired) electrons. The summed E-state index contributed by atoms with van der Waals surface area (Å²) in [5.74, 6) is 0.780. The highest BCUT2D eigenvalue weighted by Crippen LogP contribution is 2.20. The molecule has 1 atom stereocenters. The Morgan fingerprint density at radius 2 is 2.19 bits per heavy atom. The number of methoxy groups -OCH3 is 1. The first-order valence-corrected chi connectivity index (χ1v) is 7.74. The van der Waals surface area contributed by atoms with Crippen LogP contribution in [0.1, 0.15) is 31.4 Å². The van der Waals surface area contributed by atoms with E-state index in [1.807, 2.05) is 0 Å². The van der Waals surface area contributed by atoms with Crippen molar-refractivity contribution in [3.05, 3.63) is 22.1 Å².